The third kappa shape index (κ3) is 4.47. The fraction of sp³-hybridized carbons (Fsp3) is 0.167. The molecule has 0 unspecified atom stereocenters. The van der Waals surface area contributed by atoms with Gasteiger partial charge in [0, 0.05) is 28.5 Å². The Bertz CT molecular complexity index is 1040. The minimum Gasteiger partial charge on any atom is -0.324 e. The van der Waals surface area contributed by atoms with Crippen LogP contribution in [0.5, 0.6) is 0 Å². The van der Waals surface area contributed by atoms with Crippen LogP contribution in [0.4, 0.5) is 16.2 Å². The number of carbonyl (C=O) groups excluding carboxylic acids is 2. The lowest BCUT2D eigenvalue weighted by molar-refractivity contribution is -0.119. The van der Waals surface area contributed by atoms with E-state index in [9.17, 15) is 9.59 Å². The maximum absolute atomic E-state index is 13.1. The molecule has 5 nitrogen and oxygen atoms in total. The van der Waals surface area contributed by atoms with Gasteiger partial charge in [0.1, 0.15) is 6.04 Å². The van der Waals surface area contributed by atoms with Crippen LogP contribution in [-0.2, 0) is 4.79 Å². The second-order valence-corrected chi connectivity index (χ2v) is 7.63. The number of hydrogen-bond donors (Lipinski definition) is 2. The van der Waals surface area contributed by atoms with Crippen LogP contribution in [0.25, 0.3) is 11.1 Å². The predicted octanol–water partition coefficient (Wildman–Crippen LogP) is 5.64. The fourth-order valence-corrected chi connectivity index (χ4v) is 3.81. The molecule has 0 aromatic heterocycles. The summed E-state index contributed by atoms with van der Waals surface area (Å²) >= 11 is 5.90. The number of amides is 3. The summed E-state index contributed by atoms with van der Waals surface area (Å²) in [7, 11) is 0. The molecule has 3 aromatic carbocycles. The first-order valence-electron chi connectivity index (χ1n) is 9.90. The number of carbonyl (C=O) groups is 2. The van der Waals surface area contributed by atoms with E-state index in [1.54, 1.807) is 29.2 Å². The molecule has 3 amide bonds. The van der Waals surface area contributed by atoms with Crippen LogP contribution in [0.15, 0.2) is 78.9 Å². The van der Waals surface area contributed by atoms with Gasteiger partial charge in [0.15, 0.2) is 0 Å². The lowest BCUT2D eigenvalue weighted by atomic mass is 10.0. The molecule has 1 fully saturated rings. The highest BCUT2D eigenvalue weighted by atomic mass is 35.5. The van der Waals surface area contributed by atoms with Gasteiger partial charge in [-0.15, -0.1) is 0 Å². The molecule has 0 saturated carbocycles. The number of likely N-dealkylation sites (tertiary alicyclic amines) is 1. The molecule has 2 N–H and O–H groups in total. The van der Waals surface area contributed by atoms with Gasteiger partial charge in [0.25, 0.3) is 0 Å². The van der Waals surface area contributed by atoms with E-state index in [0.717, 1.165) is 23.2 Å². The number of rotatable bonds is 4. The van der Waals surface area contributed by atoms with Gasteiger partial charge in [-0.25, -0.2) is 4.79 Å². The number of hydrogen-bond acceptors (Lipinski definition) is 2. The number of halogens is 1. The molecule has 0 aliphatic carbocycles. The first kappa shape index (κ1) is 20.0. The van der Waals surface area contributed by atoms with Crippen molar-refractivity contribution in [2.24, 2.45) is 0 Å². The summed E-state index contributed by atoms with van der Waals surface area (Å²) in [5.74, 6) is -0.179. The maximum atomic E-state index is 13.1. The molecule has 152 valence electrons. The van der Waals surface area contributed by atoms with Crippen LogP contribution in [0, 0.1) is 0 Å². The van der Waals surface area contributed by atoms with E-state index in [1.807, 2.05) is 54.6 Å². The van der Waals surface area contributed by atoms with Gasteiger partial charge < -0.3 is 15.5 Å². The van der Waals surface area contributed by atoms with Crippen LogP contribution >= 0.6 is 11.6 Å². The molecule has 3 aromatic rings. The minimum atomic E-state index is -0.513. The minimum absolute atomic E-state index is 0.179. The van der Waals surface area contributed by atoms with Crippen molar-refractivity contribution in [1.29, 1.82) is 0 Å². The Kier molecular flexibility index (Phi) is 6.00. The number of para-hydroxylation sites is 1. The van der Waals surface area contributed by atoms with Crippen LogP contribution < -0.4 is 10.6 Å². The molecule has 6 heteroatoms. The first-order chi connectivity index (χ1) is 14.6. The SMILES string of the molecule is O=C(Nc1ccccc1-c1ccccc1)[C@@H]1CCCN1C(=O)Nc1ccc(Cl)cc1. The summed E-state index contributed by atoms with van der Waals surface area (Å²) in [6, 6.07) is 23.7. The molecule has 4 rings (SSSR count). The van der Waals surface area contributed by atoms with Gasteiger partial charge >= 0.3 is 6.03 Å². The lowest BCUT2D eigenvalue weighted by Crippen LogP contribution is -2.45. The summed E-state index contributed by atoms with van der Waals surface area (Å²) in [4.78, 5) is 27.4. The quantitative estimate of drug-likeness (QED) is 0.574. The van der Waals surface area contributed by atoms with Gasteiger partial charge in [-0.05, 0) is 48.7 Å². The highest BCUT2D eigenvalue weighted by molar-refractivity contribution is 6.30. The zero-order chi connectivity index (χ0) is 20.9. The van der Waals surface area contributed by atoms with E-state index in [1.165, 1.54) is 0 Å². The Hall–Kier alpha value is -3.31. The van der Waals surface area contributed by atoms with E-state index in [4.69, 9.17) is 11.6 Å². The van der Waals surface area contributed by atoms with Gasteiger partial charge in [-0.2, -0.15) is 0 Å². The van der Waals surface area contributed by atoms with E-state index in [2.05, 4.69) is 10.6 Å². The zero-order valence-electron chi connectivity index (χ0n) is 16.3. The van der Waals surface area contributed by atoms with Crippen molar-refractivity contribution < 1.29 is 9.59 Å². The third-order valence-electron chi connectivity index (χ3n) is 5.18. The maximum Gasteiger partial charge on any atom is 0.322 e. The van der Waals surface area contributed by atoms with E-state index < -0.39 is 6.04 Å². The van der Waals surface area contributed by atoms with Crippen molar-refractivity contribution >= 4 is 34.9 Å². The summed E-state index contributed by atoms with van der Waals surface area (Å²) < 4.78 is 0. The van der Waals surface area contributed by atoms with Crippen molar-refractivity contribution in [3.05, 3.63) is 83.9 Å². The average Bonchev–Trinajstić information content (AvgIpc) is 3.27. The van der Waals surface area contributed by atoms with Crippen molar-refractivity contribution in [2.75, 3.05) is 17.2 Å². The fourth-order valence-electron chi connectivity index (χ4n) is 3.69. The van der Waals surface area contributed by atoms with E-state index in [0.29, 0.717) is 23.7 Å². The zero-order valence-corrected chi connectivity index (χ0v) is 17.1. The second-order valence-electron chi connectivity index (χ2n) is 7.19. The number of anilines is 2. The van der Waals surface area contributed by atoms with E-state index >= 15 is 0 Å². The van der Waals surface area contributed by atoms with Crippen LogP contribution in [-0.4, -0.2) is 29.4 Å². The molecule has 1 heterocycles. The number of nitrogens with zero attached hydrogens (tertiary/aromatic N) is 1. The number of nitrogens with one attached hydrogen (secondary N) is 2. The van der Waals surface area contributed by atoms with Crippen molar-refractivity contribution in [3.63, 3.8) is 0 Å². The Labute approximate surface area is 180 Å². The summed E-state index contributed by atoms with van der Waals surface area (Å²) in [5, 5.41) is 6.47. The van der Waals surface area contributed by atoms with Gasteiger partial charge in [-0.1, -0.05) is 60.1 Å². The van der Waals surface area contributed by atoms with Crippen LogP contribution in [0.1, 0.15) is 12.8 Å². The number of benzene rings is 3. The van der Waals surface area contributed by atoms with Gasteiger partial charge in [0.05, 0.1) is 0 Å². The normalized spacial score (nSPS) is 15.6. The predicted molar refractivity (Wildman–Crippen MR) is 121 cm³/mol. The summed E-state index contributed by atoms with van der Waals surface area (Å²) in [5.41, 5.74) is 3.35. The largest absolute Gasteiger partial charge is 0.324 e. The first-order valence-corrected chi connectivity index (χ1v) is 10.3. The molecule has 0 radical (unpaired) electrons. The molecule has 30 heavy (non-hydrogen) atoms. The molecule has 1 atom stereocenters. The topological polar surface area (TPSA) is 61.4 Å². The highest BCUT2D eigenvalue weighted by Crippen LogP contribution is 2.29. The highest BCUT2D eigenvalue weighted by Gasteiger charge is 2.34. The van der Waals surface area contributed by atoms with Gasteiger partial charge in [0.2, 0.25) is 5.91 Å². The standard InChI is InChI=1S/C24H22ClN3O2/c25-18-12-14-19(15-13-18)26-24(30)28-16-6-11-22(28)23(29)27-21-10-5-4-9-20(21)17-7-2-1-3-8-17/h1-5,7-10,12-15,22H,6,11,16H2,(H,26,30)(H,27,29)/t22-/m0/s1. The molecular formula is C24H22ClN3O2. The molecule has 0 spiro atoms. The summed E-state index contributed by atoms with van der Waals surface area (Å²) in [6.45, 7) is 0.540. The Morgan fingerprint density at radius 3 is 2.33 bits per heavy atom. The molecule has 1 saturated heterocycles. The molecule has 0 bridgehead atoms. The monoisotopic (exact) mass is 419 g/mol. The average molecular weight is 420 g/mol. The Morgan fingerprint density at radius 2 is 1.57 bits per heavy atom. The van der Waals surface area contributed by atoms with Crippen LogP contribution in [0.2, 0.25) is 5.02 Å². The smallest absolute Gasteiger partial charge is 0.322 e. The lowest BCUT2D eigenvalue weighted by Gasteiger charge is -2.24. The van der Waals surface area contributed by atoms with E-state index in [-0.39, 0.29) is 11.9 Å². The molecule has 1 aliphatic heterocycles. The van der Waals surface area contributed by atoms with Crippen molar-refractivity contribution in [2.45, 2.75) is 18.9 Å². The third-order valence-corrected chi connectivity index (χ3v) is 5.43. The van der Waals surface area contributed by atoms with Crippen LogP contribution in [0.3, 0.4) is 0 Å². The Morgan fingerprint density at radius 1 is 0.867 bits per heavy atom. The van der Waals surface area contributed by atoms with Crippen molar-refractivity contribution in [1.82, 2.24) is 4.90 Å². The molecular weight excluding hydrogens is 398 g/mol. The summed E-state index contributed by atoms with van der Waals surface area (Å²) in [6.07, 6.45) is 1.42. The van der Waals surface area contributed by atoms with Gasteiger partial charge in [-0.3, -0.25) is 4.79 Å². The number of urea groups is 1. The second kappa shape index (κ2) is 9.01. The Balaban J connectivity index is 1.48. The molecule has 1 aliphatic rings. The van der Waals surface area contributed by atoms with Crippen molar-refractivity contribution in [3.8, 4) is 11.1 Å².